The van der Waals surface area contributed by atoms with E-state index >= 15 is 0 Å². The molecular weight excluding hydrogens is 252 g/mol. The van der Waals surface area contributed by atoms with E-state index in [0.717, 1.165) is 11.8 Å². The normalized spacial score (nSPS) is 23.4. The van der Waals surface area contributed by atoms with Gasteiger partial charge in [-0.1, -0.05) is 62.8 Å². The van der Waals surface area contributed by atoms with Crippen LogP contribution in [0.5, 0.6) is 0 Å². The van der Waals surface area contributed by atoms with E-state index in [1.54, 1.807) is 22.3 Å². The van der Waals surface area contributed by atoms with Crippen LogP contribution in [-0.4, -0.2) is 0 Å². The molecule has 0 aliphatic heterocycles. The second-order valence-electron chi connectivity index (χ2n) is 7.42. The van der Waals surface area contributed by atoms with Gasteiger partial charge in [0.1, 0.15) is 0 Å². The van der Waals surface area contributed by atoms with Crippen molar-refractivity contribution in [2.45, 2.75) is 82.5 Å². The van der Waals surface area contributed by atoms with E-state index in [4.69, 9.17) is 0 Å². The molecular formula is C21H28. The third-order valence-electron chi connectivity index (χ3n) is 6.09. The monoisotopic (exact) mass is 280 g/mol. The van der Waals surface area contributed by atoms with Gasteiger partial charge in [-0.15, -0.1) is 0 Å². The van der Waals surface area contributed by atoms with Crippen LogP contribution in [0.15, 0.2) is 18.2 Å². The molecule has 0 amide bonds. The van der Waals surface area contributed by atoms with Gasteiger partial charge in [-0.3, -0.25) is 0 Å². The average Bonchev–Trinajstić information content (AvgIpc) is 3.04. The van der Waals surface area contributed by atoms with Crippen LogP contribution in [0.1, 0.15) is 98.3 Å². The fourth-order valence-electron chi connectivity index (χ4n) is 4.99. The van der Waals surface area contributed by atoms with Gasteiger partial charge in [0, 0.05) is 0 Å². The first-order chi connectivity index (χ1) is 10.4. The van der Waals surface area contributed by atoms with Crippen LogP contribution in [0.3, 0.4) is 0 Å². The number of hydrogen-bond acceptors (Lipinski definition) is 0. The van der Waals surface area contributed by atoms with Crippen molar-refractivity contribution in [3.8, 4) is 0 Å². The van der Waals surface area contributed by atoms with E-state index in [2.05, 4.69) is 24.3 Å². The summed E-state index contributed by atoms with van der Waals surface area (Å²) in [6.45, 7) is 0. The molecule has 1 aromatic carbocycles. The largest absolute Gasteiger partial charge is 0.0795 e. The van der Waals surface area contributed by atoms with Crippen molar-refractivity contribution in [1.82, 2.24) is 0 Å². The van der Waals surface area contributed by atoms with Crippen LogP contribution in [0.2, 0.25) is 0 Å². The first-order valence-corrected chi connectivity index (χ1v) is 9.25. The van der Waals surface area contributed by atoms with Gasteiger partial charge < -0.3 is 0 Å². The Morgan fingerprint density at radius 2 is 1.38 bits per heavy atom. The summed E-state index contributed by atoms with van der Waals surface area (Å²) in [7, 11) is 0. The van der Waals surface area contributed by atoms with Crippen molar-refractivity contribution in [2.75, 3.05) is 0 Å². The smallest absolute Gasteiger partial charge is 0.00881 e. The molecule has 0 unspecified atom stereocenters. The molecule has 0 heterocycles. The molecule has 3 aliphatic rings. The highest BCUT2D eigenvalue weighted by Gasteiger charge is 2.27. The molecule has 0 spiro atoms. The zero-order valence-electron chi connectivity index (χ0n) is 13.2. The van der Waals surface area contributed by atoms with Crippen LogP contribution >= 0.6 is 0 Å². The molecule has 0 radical (unpaired) electrons. The molecule has 0 atom stereocenters. The predicted octanol–water partition coefficient (Wildman–Crippen LogP) is 6.35. The molecule has 2 saturated carbocycles. The minimum Gasteiger partial charge on any atom is -0.0795 e. The Labute approximate surface area is 129 Å². The van der Waals surface area contributed by atoms with Gasteiger partial charge in [-0.05, 0) is 66.2 Å². The summed E-state index contributed by atoms with van der Waals surface area (Å²) in [5.74, 6) is 1.71. The van der Waals surface area contributed by atoms with Gasteiger partial charge in [-0.2, -0.15) is 0 Å². The van der Waals surface area contributed by atoms with Crippen LogP contribution in [0.4, 0.5) is 0 Å². The summed E-state index contributed by atoms with van der Waals surface area (Å²) in [6.07, 6.45) is 20.4. The van der Waals surface area contributed by atoms with E-state index in [0.29, 0.717) is 0 Å². The summed E-state index contributed by atoms with van der Waals surface area (Å²) in [6, 6.07) is 4.96. The van der Waals surface area contributed by atoms with Crippen LogP contribution < -0.4 is 0 Å². The molecule has 0 aromatic heterocycles. The van der Waals surface area contributed by atoms with Crippen LogP contribution in [0.25, 0.3) is 6.08 Å². The highest BCUT2D eigenvalue weighted by atomic mass is 14.3. The van der Waals surface area contributed by atoms with Gasteiger partial charge in [0.15, 0.2) is 0 Å². The summed E-state index contributed by atoms with van der Waals surface area (Å²) >= 11 is 0. The van der Waals surface area contributed by atoms with Crippen molar-refractivity contribution in [2.24, 2.45) is 0 Å². The maximum Gasteiger partial charge on any atom is -0.00881 e. The summed E-state index contributed by atoms with van der Waals surface area (Å²) in [5, 5.41) is 0. The number of hydrogen-bond donors (Lipinski definition) is 0. The van der Waals surface area contributed by atoms with Gasteiger partial charge in [-0.25, -0.2) is 0 Å². The standard InChI is InChI=1S/C21H28/c1-3-8-16(9-4-1)20-15-14-17-12-7-13-19(17)21(20)18-10-5-2-6-11-18/h7,13-16,18H,1-6,8-12H2. The average molecular weight is 280 g/mol. The molecule has 112 valence electrons. The quantitative estimate of drug-likeness (QED) is 0.592. The highest BCUT2D eigenvalue weighted by Crippen LogP contribution is 2.44. The minimum atomic E-state index is 0.855. The lowest BCUT2D eigenvalue weighted by Gasteiger charge is -2.31. The fourth-order valence-corrected chi connectivity index (χ4v) is 4.99. The first kappa shape index (κ1) is 13.6. The minimum absolute atomic E-state index is 0.855. The molecule has 21 heavy (non-hydrogen) atoms. The van der Waals surface area contributed by atoms with Crippen molar-refractivity contribution in [1.29, 1.82) is 0 Å². The Morgan fingerprint density at radius 3 is 2.10 bits per heavy atom. The number of fused-ring (bicyclic) bond motifs is 1. The molecule has 1 aromatic rings. The number of allylic oxidation sites excluding steroid dienone is 1. The van der Waals surface area contributed by atoms with Gasteiger partial charge in [0.25, 0.3) is 0 Å². The van der Waals surface area contributed by atoms with E-state index in [1.165, 1.54) is 70.6 Å². The maximum atomic E-state index is 2.52. The maximum absolute atomic E-state index is 2.52. The Balaban J connectivity index is 1.76. The number of rotatable bonds is 2. The molecule has 0 saturated heterocycles. The molecule has 4 rings (SSSR count). The lowest BCUT2D eigenvalue weighted by Crippen LogP contribution is -2.14. The molecule has 3 aliphatic carbocycles. The Kier molecular flexibility index (Phi) is 3.88. The second kappa shape index (κ2) is 5.99. The third-order valence-corrected chi connectivity index (χ3v) is 6.09. The Hall–Kier alpha value is -1.04. The van der Waals surface area contributed by atoms with Gasteiger partial charge >= 0.3 is 0 Å². The molecule has 0 N–H and O–H groups in total. The van der Waals surface area contributed by atoms with E-state index in [-0.39, 0.29) is 0 Å². The predicted molar refractivity (Wildman–Crippen MR) is 90.8 cm³/mol. The van der Waals surface area contributed by atoms with Crippen LogP contribution in [0, 0.1) is 0 Å². The van der Waals surface area contributed by atoms with Crippen molar-refractivity contribution in [3.05, 3.63) is 40.5 Å². The highest BCUT2D eigenvalue weighted by molar-refractivity contribution is 5.66. The summed E-state index contributed by atoms with van der Waals surface area (Å²) in [5.41, 5.74) is 6.75. The van der Waals surface area contributed by atoms with E-state index in [9.17, 15) is 0 Å². The van der Waals surface area contributed by atoms with Crippen molar-refractivity contribution >= 4 is 6.08 Å². The summed E-state index contributed by atoms with van der Waals surface area (Å²) in [4.78, 5) is 0. The lowest BCUT2D eigenvalue weighted by molar-refractivity contribution is 0.418. The molecule has 2 fully saturated rings. The fraction of sp³-hybridized carbons (Fsp3) is 0.619. The SMILES string of the molecule is C1=Cc2c(ccc(C3CCCCC3)c2C2CCCCC2)C1. The van der Waals surface area contributed by atoms with E-state index < -0.39 is 0 Å². The van der Waals surface area contributed by atoms with Crippen molar-refractivity contribution < 1.29 is 0 Å². The van der Waals surface area contributed by atoms with E-state index in [1.807, 2.05) is 0 Å². The molecule has 0 heteroatoms. The van der Waals surface area contributed by atoms with Gasteiger partial charge in [0.05, 0.1) is 0 Å². The summed E-state index contributed by atoms with van der Waals surface area (Å²) < 4.78 is 0. The van der Waals surface area contributed by atoms with Crippen LogP contribution in [-0.2, 0) is 6.42 Å². The number of benzene rings is 1. The lowest BCUT2D eigenvalue weighted by atomic mass is 9.74. The topological polar surface area (TPSA) is 0 Å². The Morgan fingerprint density at radius 1 is 0.714 bits per heavy atom. The van der Waals surface area contributed by atoms with Crippen molar-refractivity contribution in [3.63, 3.8) is 0 Å². The Bertz CT molecular complexity index is 525. The third kappa shape index (κ3) is 2.58. The zero-order valence-corrected chi connectivity index (χ0v) is 13.2. The zero-order chi connectivity index (χ0) is 14.1. The van der Waals surface area contributed by atoms with Gasteiger partial charge in [0.2, 0.25) is 0 Å². The second-order valence-corrected chi connectivity index (χ2v) is 7.42. The molecule has 0 nitrogen and oxygen atoms in total. The first-order valence-electron chi connectivity index (χ1n) is 9.25. The molecule has 0 bridgehead atoms.